The molecular formula is C16H22N2O3. The van der Waals surface area contributed by atoms with E-state index < -0.39 is 12.0 Å². The third-order valence-corrected chi connectivity index (χ3v) is 3.82. The van der Waals surface area contributed by atoms with Gasteiger partial charge in [0.1, 0.15) is 6.04 Å². The van der Waals surface area contributed by atoms with Crippen molar-refractivity contribution in [3.05, 3.63) is 29.8 Å². The van der Waals surface area contributed by atoms with Crippen LogP contribution in [-0.2, 0) is 11.2 Å². The zero-order chi connectivity index (χ0) is 15.4. The Kier molecular flexibility index (Phi) is 4.83. The summed E-state index contributed by atoms with van der Waals surface area (Å²) in [6, 6.07) is 6.62. The average Bonchev–Trinajstić information content (AvgIpc) is 2.66. The summed E-state index contributed by atoms with van der Waals surface area (Å²) in [5.74, 6) is -1.16. The Hall–Kier alpha value is -2.04. The van der Waals surface area contributed by atoms with Crippen molar-refractivity contribution >= 4 is 17.7 Å². The summed E-state index contributed by atoms with van der Waals surface area (Å²) in [7, 11) is 0. The lowest BCUT2D eigenvalue weighted by molar-refractivity contribution is -0.140. The number of carboxylic acids is 1. The molecule has 1 atom stereocenters. The van der Waals surface area contributed by atoms with Crippen molar-refractivity contribution in [1.29, 1.82) is 0 Å². The van der Waals surface area contributed by atoms with Crippen LogP contribution in [0.3, 0.4) is 0 Å². The SMILES string of the molecule is CC(C)[C@@H](NC(=O)N1CCCCc2ccccc21)C(=O)O. The zero-order valence-corrected chi connectivity index (χ0v) is 12.5. The Labute approximate surface area is 125 Å². The number of fused-ring (bicyclic) bond motifs is 1. The number of anilines is 1. The molecule has 0 spiro atoms. The Morgan fingerprint density at radius 3 is 2.62 bits per heavy atom. The van der Waals surface area contributed by atoms with Crippen LogP contribution in [0.2, 0.25) is 0 Å². The van der Waals surface area contributed by atoms with Gasteiger partial charge in [0, 0.05) is 12.2 Å². The molecule has 2 N–H and O–H groups in total. The van der Waals surface area contributed by atoms with Gasteiger partial charge in [-0.15, -0.1) is 0 Å². The maximum atomic E-state index is 12.5. The molecule has 1 aromatic rings. The highest BCUT2D eigenvalue weighted by Gasteiger charge is 2.27. The Bertz CT molecular complexity index is 528. The number of carbonyl (C=O) groups is 2. The first-order valence-corrected chi connectivity index (χ1v) is 7.39. The van der Waals surface area contributed by atoms with Gasteiger partial charge in [-0.3, -0.25) is 4.90 Å². The lowest BCUT2D eigenvalue weighted by Crippen LogP contribution is -2.50. The second-order valence-corrected chi connectivity index (χ2v) is 5.75. The van der Waals surface area contributed by atoms with Crippen molar-refractivity contribution in [3.63, 3.8) is 0 Å². The lowest BCUT2D eigenvalue weighted by atomic mass is 10.1. The molecule has 21 heavy (non-hydrogen) atoms. The summed E-state index contributed by atoms with van der Waals surface area (Å²) in [5.41, 5.74) is 2.03. The smallest absolute Gasteiger partial charge is 0.326 e. The van der Waals surface area contributed by atoms with Crippen LogP contribution in [0.5, 0.6) is 0 Å². The summed E-state index contributed by atoms with van der Waals surface area (Å²) in [6.07, 6.45) is 2.90. The number of hydrogen-bond donors (Lipinski definition) is 2. The first-order chi connectivity index (χ1) is 10.0. The monoisotopic (exact) mass is 290 g/mol. The summed E-state index contributed by atoms with van der Waals surface area (Å²) >= 11 is 0. The van der Waals surface area contributed by atoms with Gasteiger partial charge in [0.05, 0.1) is 0 Å². The standard InChI is InChI=1S/C16H22N2O3/c1-11(2)14(15(19)20)17-16(21)18-10-6-5-8-12-7-3-4-9-13(12)18/h3-4,7,9,11,14H,5-6,8,10H2,1-2H3,(H,17,21)(H,19,20)/t14-/m1/s1. The largest absolute Gasteiger partial charge is 0.480 e. The van der Waals surface area contributed by atoms with Crippen molar-refractivity contribution in [3.8, 4) is 0 Å². The molecule has 1 aromatic carbocycles. The minimum atomic E-state index is -0.999. The van der Waals surface area contributed by atoms with E-state index in [1.165, 1.54) is 0 Å². The average molecular weight is 290 g/mol. The van der Waals surface area contributed by atoms with Crippen LogP contribution >= 0.6 is 0 Å². The predicted molar refractivity (Wildman–Crippen MR) is 81.5 cm³/mol. The highest BCUT2D eigenvalue weighted by atomic mass is 16.4. The number of aryl methyl sites for hydroxylation is 1. The van der Waals surface area contributed by atoms with E-state index in [-0.39, 0.29) is 11.9 Å². The number of hydrogen-bond acceptors (Lipinski definition) is 2. The van der Waals surface area contributed by atoms with Crippen molar-refractivity contribution in [2.75, 3.05) is 11.4 Å². The highest BCUT2D eigenvalue weighted by Crippen LogP contribution is 2.26. The molecule has 2 rings (SSSR count). The number of carboxylic acid groups (broad SMARTS) is 1. The van der Waals surface area contributed by atoms with E-state index in [2.05, 4.69) is 5.32 Å². The van der Waals surface area contributed by atoms with Gasteiger partial charge in [-0.2, -0.15) is 0 Å². The summed E-state index contributed by atoms with van der Waals surface area (Å²) in [6.45, 7) is 4.19. The lowest BCUT2D eigenvalue weighted by Gasteiger charge is -2.26. The van der Waals surface area contributed by atoms with Crippen LogP contribution in [0.25, 0.3) is 0 Å². The number of nitrogens with one attached hydrogen (secondary N) is 1. The first-order valence-electron chi connectivity index (χ1n) is 7.39. The minimum Gasteiger partial charge on any atom is -0.480 e. The number of nitrogens with zero attached hydrogens (tertiary/aromatic N) is 1. The van der Waals surface area contributed by atoms with Gasteiger partial charge in [-0.1, -0.05) is 32.0 Å². The maximum Gasteiger partial charge on any atom is 0.326 e. The molecule has 2 amide bonds. The van der Waals surface area contributed by atoms with Gasteiger partial charge < -0.3 is 10.4 Å². The fourth-order valence-electron chi connectivity index (χ4n) is 2.63. The molecule has 0 saturated carbocycles. The van der Waals surface area contributed by atoms with Crippen LogP contribution in [0.4, 0.5) is 10.5 Å². The second kappa shape index (κ2) is 6.61. The van der Waals surface area contributed by atoms with E-state index in [1.807, 2.05) is 24.3 Å². The molecule has 0 saturated heterocycles. The van der Waals surface area contributed by atoms with Crippen molar-refractivity contribution in [2.24, 2.45) is 5.92 Å². The molecule has 0 fully saturated rings. The minimum absolute atomic E-state index is 0.159. The molecule has 5 nitrogen and oxygen atoms in total. The molecule has 0 radical (unpaired) electrons. The molecule has 0 unspecified atom stereocenters. The van der Waals surface area contributed by atoms with Gasteiger partial charge in [-0.05, 0) is 36.8 Å². The van der Waals surface area contributed by atoms with E-state index in [0.29, 0.717) is 6.54 Å². The summed E-state index contributed by atoms with van der Waals surface area (Å²) < 4.78 is 0. The molecule has 5 heteroatoms. The number of para-hydroxylation sites is 1. The van der Waals surface area contributed by atoms with Gasteiger partial charge in [0.25, 0.3) is 0 Å². The molecule has 1 aliphatic heterocycles. The van der Waals surface area contributed by atoms with Gasteiger partial charge >= 0.3 is 12.0 Å². The number of carbonyl (C=O) groups excluding carboxylic acids is 1. The molecule has 114 valence electrons. The highest BCUT2D eigenvalue weighted by molar-refractivity contribution is 5.95. The number of rotatable bonds is 3. The first kappa shape index (κ1) is 15.4. The second-order valence-electron chi connectivity index (χ2n) is 5.75. The number of aliphatic carboxylic acids is 1. The number of benzene rings is 1. The van der Waals surface area contributed by atoms with E-state index in [4.69, 9.17) is 0 Å². The third kappa shape index (κ3) is 3.54. The van der Waals surface area contributed by atoms with Crippen LogP contribution in [0, 0.1) is 5.92 Å². The van der Waals surface area contributed by atoms with Crippen LogP contribution in [0.1, 0.15) is 32.3 Å². The van der Waals surface area contributed by atoms with Crippen molar-refractivity contribution in [2.45, 2.75) is 39.2 Å². The molecule has 0 aliphatic carbocycles. The normalized spacial score (nSPS) is 16.0. The fourth-order valence-corrected chi connectivity index (χ4v) is 2.63. The molecule has 0 bridgehead atoms. The summed E-state index contributed by atoms with van der Waals surface area (Å²) in [5, 5.41) is 11.9. The van der Waals surface area contributed by atoms with Gasteiger partial charge in [-0.25, -0.2) is 9.59 Å². The topological polar surface area (TPSA) is 69.6 Å². The van der Waals surface area contributed by atoms with Gasteiger partial charge in [0.2, 0.25) is 0 Å². The van der Waals surface area contributed by atoms with E-state index in [1.54, 1.807) is 18.7 Å². The van der Waals surface area contributed by atoms with Crippen LogP contribution < -0.4 is 10.2 Å². The molecule has 1 aliphatic rings. The van der Waals surface area contributed by atoms with Crippen molar-refractivity contribution in [1.82, 2.24) is 5.32 Å². The van der Waals surface area contributed by atoms with Crippen LogP contribution in [-0.4, -0.2) is 29.7 Å². The molecule has 1 heterocycles. The zero-order valence-electron chi connectivity index (χ0n) is 12.5. The summed E-state index contributed by atoms with van der Waals surface area (Å²) in [4.78, 5) is 25.4. The van der Waals surface area contributed by atoms with Gasteiger partial charge in [0.15, 0.2) is 0 Å². The fraction of sp³-hybridized carbons (Fsp3) is 0.500. The number of urea groups is 1. The Balaban J connectivity index is 2.20. The van der Waals surface area contributed by atoms with E-state index in [0.717, 1.165) is 30.5 Å². The molecule has 0 aromatic heterocycles. The van der Waals surface area contributed by atoms with E-state index in [9.17, 15) is 14.7 Å². The predicted octanol–water partition coefficient (Wildman–Crippen LogP) is 2.65. The maximum absolute atomic E-state index is 12.5. The third-order valence-electron chi connectivity index (χ3n) is 3.82. The van der Waals surface area contributed by atoms with Crippen LogP contribution in [0.15, 0.2) is 24.3 Å². The van der Waals surface area contributed by atoms with E-state index >= 15 is 0 Å². The Morgan fingerprint density at radius 1 is 1.24 bits per heavy atom. The molecular weight excluding hydrogens is 268 g/mol. The quantitative estimate of drug-likeness (QED) is 0.899. The number of amides is 2. The van der Waals surface area contributed by atoms with Crippen molar-refractivity contribution < 1.29 is 14.7 Å². The Morgan fingerprint density at radius 2 is 1.95 bits per heavy atom.